The van der Waals surface area contributed by atoms with Crippen molar-refractivity contribution in [3.63, 3.8) is 0 Å². The highest BCUT2D eigenvalue weighted by molar-refractivity contribution is 5.80. The van der Waals surface area contributed by atoms with E-state index in [1.165, 1.54) is 0 Å². The zero-order chi connectivity index (χ0) is 17.5. The average Bonchev–Trinajstić information content (AvgIpc) is 3.24. The summed E-state index contributed by atoms with van der Waals surface area (Å²) in [7, 11) is 0. The van der Waals surface area contributed by atoms with Crippen molar-refractivity contribution >= 4 is 5.96 Å². The van der Waals surface area contributed by atoms with Gasteiger partial charge in [-0.25, -0.2) is 9.67 Å². The Bertz CT molecular complexity index is 676. The molecule has 0 aliphatic carbocycles. The highest BCUT2D eigenvalue weighted by Crippen LogP contribution is 2.22. The van der Waals surface area contributed by atoms with Crippen molar-refractivity contribution < 1.29 is 4.42 Å². The standard InChI is InChI=1S/C18H28N6O/c1-3-4-10-19-18(20-11-9-15-7-6-13-25-15)22-16-8-5-12-24-17(16)21-14(2)23-24/h6-7,13,16H,3-5,8-12H2,1-2H3,(H2,19,20,22). The second kappa shape index (κ2) is 8.69. The molecule has 2 N–H and O–H groups in total. The average molecular weight is 344 g/mol. The molecule has 1 aliphatic rings. The maximum atomic E-state index is 5.39. The number of aliphatic imine (C=N–C) groups is 1. The van der Waals surface area contributed by atoms with Crippen molar-refractivity contribution in [3.05, 3.63) is 35.8 Å². The molecule has 0 saturated carbocycles. The zero-order valence-electron chi connectivity index (χ0n) is 15.2. The molecule has 0 aromatic carbocycles. The molecule has 2 aromatic heterocycles. The molecule has 1 atom stereocenters. The van der Waals surface area contributed by atoms with E-state index in [1.807, 2.05) is 23.7 Å². The third-order valence-corrected chi connectivity index (χ3v) is 4.32. The molecule has 0 amide bonds. The van der Waals surface area contributed by atoms with E-state index in [-0.39, 0.29) is 6.04 Å². The van der Waals surface area contributed by atoms with Crippen LogP contribution in [0.15, 0.2) is 27.8 Å². The third-order valence-electron chi connectivity index (χ3n) is 4.32. The van der Waals surface area contributed by atoms with Crippen molar-refractivity contribution in [2.24, 2.45) is 4.99 Å². The van der Waals surface area contributed by atoms with Crippen molar-refractivity contribution in [3.8, 4) is 0 Å². The summed E-state index contributed by atoms with van der Waals surface area (Å²) >= 11 is 0. The first-order valence-corrected chi connectivity index (χ1v) is 9.25. The first-order chi connectivity index (χ1) is 12.3. The molecule has 0 spiro atoms. The molecule has 7 heteroatoms. The Hall–Kier alpha value is -2.31. The molecule has 7 nitrogen and oxygen atoms in total. The van der Waals surface area contributed by atoms with Gasteiger partial charge in [-0.3, -0.25) is 4.99 Å². The third kappa shape index (κ3) is 4.84. The van der Waals surface area contributed by atoms with Crippen LogP contribution in [0.2, 0.25) is 0 Å². The number of nitrogens with zero attached hydrogens (tertiary/aromatic N) is 4. The number of hydrogen-bond donors (Lipinski definition) is 2. The van der Waals surface area contributed by atoms with Crippen LogP contribution in [0.3, 0.4) is 0 Å². The van der Waals surface area contributed by atoms with E-state index in [0.717, 1.165) is 75.1 Å². The van der Waals surface area contributed by atoms with Crippen LogP contribution in [0, 0.1) is 6.92 Å². The van der Waals surface area contributed by atoms with Crippen molar-refractivity contribution in [2.75, 3.05) is 13.1 Å². The van der Waals surface area contributed by atoms with Gasteiger partial charge in [-0.15, -0.1) is 0 Å². The summed E-state index contributed by atoms with van der Waals surface area (Å²) in [5, 5.41) is 11.4. The van der Waals surface area contributed by atoms with Gasteiger partial charge in [0, 0.05) is 26.1 Å². The maximum absolute atomic E-state index is 5.39. The molecule has 0 bridgehead atoms. The predicted octanol–water partition coefficient (Wildman–Crippen LogP) is 2.59. The lowest BCUT2D eigenvalue weighted by Crippen LogP contribution is -2.42. The van der Waals surface area contributed by atoms with Gasteiger partial charge in [0.2, 0.25) is 0 Å². The van der Waals surface area contributed by atoms with Crippen molar-refractivity contribution in [1.29, 1.82) is 0 Å². The predicted molar refractivity (Wildman–Crippen MR) is 97.5 cm³/mol. The molecular formula is C18H28N6O. The van der Waals surface area contributed by atoms with Gasteiger partial charge in [0.05, 0.1) is 12.3 Å². The monoisotopic (exact) mass is 344 g/mol. The van der Waals surface area contributed by atoms with E-state index in [2.05, 4.69) is 27.6 Å². The van der Waals surface area contributed by atoms with E-state index >= 15 is 0 Å². The number of furan rings is 1. The summed E-state index contributed by atoms with van der Waals surface area (Å²) in [6, 6.07) is 4.07. The second-order valence-corrected chi connectivity index (χ2v) is 6.42. The van der Waals surface area contributed by atoms with E-state index < -0.39 is 0 Å². The van der Waals surface area contributed by atoms with Gasteiger partial charge in [0.15, 0.2) is 5.96 Å². The van der Waals surface area contributed by atoms with Crippen LogP contribution in [0.25, 0.3) is 0 Å². The van der Waals surface area contributed by atoms with Gasteiger partial charge in [-0.1, -0.05) is 13.3 Å². The fourth-order valence-corrected chi connectivity index (χ4v) is 3.03. The molecule has 25 heavy (non-hydrogen) atoms. The number of aryl methyl sites for hydroxylation is 2. The number of rotatable bonds is 7. The zero-order valence-corrected chi connectivity index (χ0v) is 15.2. The number of nitrogens with one attached hydrogen (secondary N) is 2. The summed E-state index contributed by atoms with van der Waals surface area (Å²) in [5.74, 6) is 3.67. The van der Waals surface area contributed by atoms with Crippen molar-refractivity contribution in [1.82, 2.24) is 25.4 Å². The lowest BCUT2D eigenvalue weighted by Gasteiger charge is -2.25. The van der Waals surface area contributed by atoms with Crippen LogP contribution in [0.4, 0.5) is 0 Å². The molecular weight excluding hydrogens is 316 g/mol. The van der Waals surface area contributed by atoms with Gasteiger partial charge in [0.25, 0.3) is 0 Å². The van der Waals surface area contributed by atoms with E-state index in [4.69, 9.17) is 9.41 Å². The van der Waals surface area contributed by atoms with Crippen LogP contribution in [-0.4, -0.2) is 33.8 Å². The Morgan fingerprint density at radius 1 is 1.48 bits per heavy atom. The highest BCUT2D eigenvalue weighted by Gasteiger charge is 2.24. The number of guanidine groups is 1. The normalized spacial score (nSPS) is 17.4. The largest absolute Gasteiger partial charge is 0.469 e. The van der Waals surface area contributed by atoms with Crippen LogP contribution >= 0.6 is 0 Å². The number of fused-ring (bicyclic) bond motifs is 1. The summed E-state index contributed by atoms with van der Waals surface area (Å²) in [4.78, 5) is 9.31. The first kappa shape index (κ1) is 17.5. The van der Waals surface area contributed by atoms with E-state index in [1.54, 1.807) is 6.26 Å². The minimum absolute atomic E-state index is 0.159. The first-order valence-electron chi connectivity index (χ1n) is 9.25. The lowest BCUT2D eigenvalue weighted by molar-refractivity contribution is 0.397. The van der Waals surface area contributed by atoms with Crippen molar-refractivity contribution in [2.45, 2.75) is 58.5 Å². The summed E-state index contributed by atoms with van der Waals surface area (Å²) in [6.07, 6.45) is 6.92. The van der Waals surface area contributed by atoms with Gasteiger partial charge in [0.1, 0.15) is 17.4 Å². The number of aromatic nitrogens is 3. The molecule has 136 valence electrons. The van der Waals surface area contributed by atoms with Gasteiger partial charge >= 0.3 is 0 Å². The summed E-state index contributed by atoms with van der Waals surface area (Å²) in [6.45, 7) is 6.68. The number of unbranched alkanes of at least 4 members (excludes halogenated alkanes) is 1. The summed E-state index contributed by atoms with van der Waals surface area (Å²) in [5.41, 5.74) is 0. The number of hydrogen-bond acceptors (Lipinski definition) is 4. The fraction of sp³-hybridized carbons (Fsp3) is 0.611. The van der Waals surface area contributed by atoms with Gasteiger partial charge in [-0.05, 0) is 38.3 Å². The Labute approximate surface area is 148 Å². The second-order valence-electron chi connectivity index (χ2n) is 6.42. The Kier molecular flexibility index (Phi) is 6.09. The van der Waals surface area contributed by atoms with Gasteiger partial charge < -0.3 is 15.1 Å². The maximum Gasteiger partial charge on any atom is 0.191 e. The molecule has 3 heterocycles. The van der Waals surface area contributed by atoms with Crippen LogP contribution < -0.4 is 10.6 Å². The molecule has 2 aromatic rings. The molecule has 1 unspecified atom stereocenters. The topological polar surface area (TPSA) is 80.3 Å². The lowest BCUT2D eigenvalue weighted by atomic mass is 10.1. The smallest absolute Gasteiger partial charge is 0.191 e. The molecule has 0 saturated heterocycles. The minimum Gasteiger partial charge on any atom is -0.469 e. The Morgan fingerprint density at radius 3 is 3.20 bits per heavy atom. The van der Waals surface area contributed by atoms with Crippen LogP contribution in [0.1, 0.15) is 56.1 Å². The minimum atomic E-state index is 0.159. The molecule has 3 rings (SSSR count). The molecule has 1 aliphatic heterocycles. The van der Waals surface area contributed by atoms with Crippen LogP contribution in [-0.2, 0) is 13.0 Å². The quantitative estimate of drug-likeness (QED) is 0.458. The Morgan fingerprint density at radius 2 is 2.40 bits per heavy atom. The fourth-order valence-electron chi connectivity index (χ4n) is 3.03. The van der Waals surface area contributed by atoms with Crippen LogP contribution in [0.5, 0.6) is 0 Å². The molecule has 0 fully saturated rings. The Balaban J connectivity index is 1.62. The van der Waals surface area contributed by atoms with Gasteiger partial charge in [-0.2, -0.15) is 5.10 Å². The molecule has 0 radical (unpaired) electrons. The van der Waals surface area contributed by atoms with E-state index in [9.17, 15) is 0 Å². The SMILES string of the molecule is CCCCN=C(NCCc1ccco1)NC1CCCn2nc(C)nc21. The highest BCUT2D eigenvalue weighted by atomic mass is 16.3. The summed E-state index contributed by atoms with van der Waals surface area (Å²) < 4.78 is 7.41. The van der Waals surface area contributed by atoms with E-state index in [0.29, 0.717) is 0 Å².